The Morgan fingerprint density at radius 3 is 3.18 bits per heavy atom. The average Bonchev–Trinajstić information content (AvgIpc) is 2.76. The number of carboxylic acid groups (broad SMARTS) is 1. The molecule has 2 atom stereocenters. The minimum atomic E-state index is -0.883. The molecule has 0 unspecified atom stereocenters. The van der Waals surface area contributed by atoms with Gasteiger partial charge >= 0.3 is 5.97 Å². The second-order valence-corrected chi connectivity index (χ2v) is 5.13. The number of aliphatic carboxylic acids is 1. The number of hydrogen-bond acceptors (Lipinski definition) is 4. The molecule has 0 aromatic carbocycles. The second kappa shape index (κ2) is 3.34. The number of nitrogens with one attached hydrogen (secondary N) is 1. The average molecular weight is 236 g/mol. The number of nitrogens with zero attached hydrogens (tertiary/aromatic N) is 1. The molecule has 2 aliphatic rings. The van der Waals surface area contributed by atoms with E-state index in [1.807, 2.05) is 24.9 Å². The first-order chi connectivity index (χ1) is 8.03. The number of aryl methyl sites for hydroxylation is 1. The molecular formula is C12H16N2O3. The maximum atomic E-state index is 11.6. The van der Waals surface area contributed by atoms with Gasteiger partial charge in [-0.1, -0.05) is 0 Å². The summed E-state index contributed by atoms with van der Waals surface area (Å²) in [6, 6.07) is 1.99. The molecule has 1 fully saturated rings. The summed E-state index contributed by atoms with van der Waals surface area (Å²) >= 11 is 0. The Balaban J connectivity index is 2.10. The van der Waals surface area contributed by atoms with E-state index in [0.29, 0.717) is 13.1 Å². The Morgan fingerprint density at radius 2 is 2.47 bits per heavy atom. The molecule has 1 saturated heterocycles. The topological polar surface area (TPSA) is 65.7 Å². The lowest BCUT2D eigenvalue weighted by molar-refractivity contribution is -0.145. The van der Waals surface area contributed by atoms with Crippen LogP contribution in [0.1, 0.15) is 23.0 Å². The number of rotatable bonds is 1. The molecule has 5 nitrogen and oxygen atoms in total. The Kier molecular flexibility index (Phi) is 2.12. The summed E-state index contributed by atoms with van der Waals surface area (Å²) in [5.41, 5.74) is 0.214. The maximum Gasteiger partial charge on any atom is 0.326 e. The summed E-state index contributed by atoms with van der Waals surface area (Å²) in [5, 5.41) is 12.7. The van der Waals surface area contributed by atoms with E-state index in [0.717, 1.165) is 23.6 Å². The highest BCUT2D eigenvalue weighted by molar-refractivity contribution is 5.82. The second-order valence-electron chi connectivity index (χ2n) is 5.13. The van der Waals surface area contributed by atoms with Gasteiger partial charge in [0, 0.05) is 25.2 Å². The van der Waals surface area contributed by atoms with E-state index in [9.17, 15) is 9.90 Å². The summed E-state index contributed by atoms with van der Waals surface area (Å²) in [6.45, 7) is 3.72. The van der Waals surface area contributed by atoms with Crippen LogP contribution >= 0.6 is 0 Å². The molecule has 2 N–H and O–H groups in total. The van der Waals surface area contributed by atoms with Crippen molar-refractivity contribution in [1.29, 1.82) is 0 Å². The SMILES string of the molecule is Cc1cc2c(o1)[C@H]1CN(C)C[C@]1(C(=O)O)NC2. The van der Waals surface area contributed by atoms with Crippen LogP contribution in [0.4, 0.5) is 0 Å². The molecule has 0 spiro atoms. The lowest BCUT2D eigenvalue weighted by Gasteiger charge is -2.34. The van der Waals surface area contributed by atoms with Gasteiger partial charge in [-0.3, -0.25) is 10.1 Å². The van der Waals surface area contributed by atoms with Crippen molar-refractivity contribution in [2.45, 2.75) is 24.9 Å². The lowest BCUT2D eigenvalue weighted by Crippen LogP contribution is -2.58. The molecule has 17 heavy (non-hydrogen) atoms. The van der Waals surface area contributed by atoms with Crippen molar-refractivity contribution in [2.75, 3.05) is 20.1 Å². The number of likely N-dealkylation sites (N-methyl/N-ethyl adjacent to an activating group) is 1. The fourth-order valence-corrected chi connectivity index (χ4v) is 3.12. The normalized spacial score (nSPS) is 32.2. The summed E-state index contributed by atoms with van der Waals surface area (Å²) in [5.74, 6) is 0.828. The van der Waals surface area contributed by atoms with Gasteiger partial charge in [-0.05, 0) is 20.0 Å². The van der Waals surface area contributed by atoms with E-state index in [2.05, 4.69) is 5.32 Å². The van der Waals surface area contributed by atoms with Gasteiger partial charge in [0.25, 0.3) is 0 Å². The predicted molar refractivity (Wildman–Crippen MR) is 60.9 cm³/mol. The number of carbonyl (C=O) groups is 1. The zero-order valence-electron chi connectivity index (χ0n) is 9.99. The molecule has 0 radical (unpaired) electrons. The summed E-state index contributed by atoms with van der Waals surface area (Å²) < 4.78 is 5.71. The molecule has 0 saturated carbocycles. The number of furan rings is 1. The monoisotopic (exact) mass is 236 g/mol. The lowest BCUT2D eigenvalue weighted by atomic mass is 9.81. The van der Waals surface area contributed by atoms with E-state index in [1.165, 1.54) is 0 Å². The third-order valence-electron chi connectivity index (χ3n) is 3.87. The molecule has 0 aliphatic carbocycles. The molecule has 1 aromatic rings. The molecule has 0 bridgehead atoms. The molecule has 0 amide bonds. The molecule has 2 aliphatic heterocycles. The van der Waals surface area contributed by atoms with Crippen molar-refractivity contribution in [1.82, 2.24) is 10.2 Å². The van der Waals surface area contributed by atoms with Crippen LogP contribution < -0.4 is 5.32 Å². The molecule has 1 aromatic heterocycles. The number of hydrogen-bond donors (Lipinski definition) is 2. The number of likely N-dealkylation sites (tertiary alicyclic amines) is 1. The largest absolute Gasteiger partial charge is 0.480 e. The van der Waals surface area contributed by atoms with Gasteiger partial charge < -0.3 is 14.4 Å². The van der Waals surface area contributed by atoms with Gasteiger partial charge in [-0.25, -0.2) is 0 Å². The minimum Gasteiger partial charge on any atom is -0.480 e. The van der Waals surface area contributed by atoms with Crippen LogP contribution in [0.3, 0.4) is 0 Å². The number of carboxylic acids is 1. The minimum absolute atomic E-state index is 0.0950. The van der Waals surface area contributed by atoms with Crippen molar-refractivity contribution >= 4 is 5.97 Å². The first kappa shape index (κ1) is 10.8. The third-order valence-corrected chi connectivity index (χ3v) is 3.87. The molecule has 3 heterocycles. The van der Waals surface area contributed by atoms with Gasteiger partial charge in [0.2, 0.25) is 0 Å². The summed E-state index contributed by atoms with van der Waals surface area (Å²) in [7, 11) is 1.94. The van der Waals surface area contributed by atoms with E-state index in [1.54, 1.807) is 0 Å². The Morgan fingerprint density at radius 1 is 1.71 bits per heavy atom. The first-order valence-electron chi connectivity index (χ1n) is 5.79. The van der Waals surface area contributed by atoms with Crippen molar-refractivity contribution in [3.8, 4) is 0 Å². The van der Waals surface area contributed by atoms with E-state index in [4.69, 9.17) is 4.42 Å². The fourth-order valence-electron chi connectivity index (χ4n) is 3.12. The van der Waals surface area contributed by atoms with Crippen molar-refractivity contribution < 1.29 is 14.3 Å². The van der Waals surface area contributed by atoms with Crippen molar-refractivity contribution in [2.24, 2.45) is 0 Å². The van der Waals surface area contributed by atoms with Gasteiger partial charge in [0.15, 0.2) is 0 Å². The van der Waals surface area contributed by atoms with Crippen molar-refractivity contribution in [3.05, 3.63) is 23.2 Å². The molecule has 5 heteroatoms. The predicted octanol–water partition coefficient (Wildman–Crippen LogP) is 0.544. The van der Waals surface area contributed by atoms with Gasteiger partial charge in [0.1, 0.15) is 17.1 Å². The quantitative estimate of drug-likeness (QED) is 0.745. The fraction of sp³-hybridized carbons (Fsp3) is 0.583. The summed E-state index contributed by atoms with van der Waals surface area (Å²) in [4.78, 5) is 13.6. The van der Waals surface area contributed by atoms with Gasteiger partial charge in [0.05, 0.1) is 5.92 Å². The van der Waals surface area contributed by atoms with Crippen LogP contribution in [0.5, 0.6) is 0 Å². The van der Waals surface area contributed by atoms with Gasteiger partial charge in [-0.2, -0.15) is 0 Å². The highest BCUT2D eigenvalue weighted by atomic mass is 16.4. The van der Waals surface area contributed by atoms with Crippen LogP contribution in [-0.4, -0.2) is 41.7 Å². The molecule has 92 valence electrons. The van der Waals surface area contributed by atoms with Crippen LogP contribution in [0, 0.1) is 6.92 Å². The summed E-state index contributed by atoms with van der Waals surface area (Å²) in [6.07, 6.45) is 0. The highest BCUT2D eigenvalue weighted by Gasteiger charge is 2.56. The van der Waals surface area contributed by atoms with E-state index >= 15 is 0 Å². The maximum absolute atomic E-state index is 11.6. The van der Waals surface area contributed by atoms with Crippen LogP contribution in [0.15, 0.2) is 10.5 Å². The Hall–Kier alpha value is -1.33. The molecular weight excluding hydrogens is 220 g/mol. The number of fused-ring (bicyclic) bond motifs is 3. The van der Waals surface area contributed by atoms with E-state index in [-0.39, 0.29) is 5.92 Å². The Labute approximate surface area is 99.4 Å². The van der Waals surface area contributed by atoms with Crippen LogP contribution in [0.25, 0.3) is 0 Å². The third kappa shape index (κ3) is 1.36. The zero-order valence-corrected chi connectivity index (χ0v) is 9.99. The highest BCUT2D eigenvalue weighted by Crippen LogP contribution is 2.41. The first-order valence-corrected chi connectivity index (χ1v) is 5.79. The zero-order chi connectivity index (χ0) is 12.2. The standard InChI is InChI=1S/C12H16N2O3/c1-7-3-8-4-13-12(11(15)16)6-14(2)5-9(12)10(8)17-7/h3,9,13H,4-6H2,1-2H3,(H,15,16)/t9-,12+/m1/s1. The van der Waals surface area contributed by atoms with Gasteiger partial charge in [-0.15, -0.1) is 0 Å². The van der Waals surface area contributed by atoms with E-state index < -0.39 is 11.5 Å². The van der Waals surface area contributed by atoms with Crippen molar-refractivity contribution in [3.63, 3.8) is 0 Å². The van der Waals surface area contributed by atoms with Crippen LogP contribution in [-0.2, 0) is 11.3 Å². The Bertz CT molecular complexity index is 482. The smallest absolute Gasteiger partial charge is 0.326 e. The molecule has 3 rings (SSSR count). The van der Waals surface area contributed by atoms with Crippen LogP contribution in [0.2, 0.25) is 0 Å².